The first-order valence-electron chi connectivity index (χ1n) is 12.0. The molecule has 2 aliphatic rings. The van der Waals surface area contributed by atoms with E-state index < -0.39 is 23.9 Å². The van der Waals surface area contributed by atoms with Gasteiger partial charge in [-0.05, 0) is 32.5 Å². The van der Waals surface area contributed by atoms with Crippen molar-refractivity contribution in [3.63, 3.8) is 0 Å². The topological polar surface area (TPSA) is 149 Å². The van der Waals surface area contributed by atoms with E-state index in [-0.39, 0.29) is 24.3 Å². The van der Waals surface area contributed by atoms with E-state index in [1.165, 1.54) is 23.6 Å². The first kappa shape index (κ1) is 26.8. The fourth-order valence-corrected chi connectivity index (χ4v) is 5.43. The number of carbonyl (C=O) groups excluding carboxylic acids is 4. The normalized spacial score (nSPS) is 19.5. The van der Waals surface area contributed by atoms with E-state index >= 15 is 0 Å². The van der Waals surface area contributed by atoms with Crippen molar-refractivity contribution in [2.45, 2.75) is 38.4 Å². The second-order valence-electron chi connectivity index (χ2n) is 8.92. The van der Waals surface area contributed by atoms with Crippen molar-refractivity contribution in [3.05, 3.63) is 38.9 Å². The van der Waals surface area contributed by atoms with Crippen molar-refractivity contribution in [3.8, 4) is 0 Å². The zero-order chi connectivity index (χ0) is 26.5. The van der Waals surface area contributed by atoms with Crippen LogP contribution in [0.4, 0.5) is 10.6 Å². The molecule has 4 N–H and O–H groups in total. The van der Waals surface area contributed by atoms with Crippen LogP contribution < -0.4 is 21.3 Å². The third-order valence-corrected chi connectivity index (χ3v) is 7.46. The molecule has 5 amide bonds. The van der Waals surface area contributed by atoms with Gasteiger partial charge in [-0.15, -0.1) is 11.3 Å². The van der Waals surface area contributed by atoms with Gasteiger partial charge in [0.05, 0.1) is 22.8 Å². The van der Waals surface area contributed by atoms with E-state index in [4.69, 9.17) is 11.6 Å². The van der Waals surface area contributed by atoms with Gasteiger partial charge in [-0.3, -0.25) is 14.4 Å². The van der Waals surface area contributed by atoms with Crippen LogP contribution >= 0.6 is 22.9 Å². The van der Waals surface area contributed by atoms with Gasteiger partial charge in [0.2, 0.25) is 0 Å². The average molecular weight is 549 g/mol. The molecule has 12 nitrogen and oxygen atoms in total. The number of hydrogen-bond acceptors (Lipinski definition) is 8. The molecule has 2 aliphatic heterocycles. The number of carbonyl (C=O) groups is 4. The highest BCUT2D eigenvalue weighted by Gasteiger charge is 2.35. The van der Waals surface area contributed by atoms with Crippen molar-refractivity contribution < 1.29 is 19.2 Å². The predicted octanol–water partition coefficient (Wildman–Crippen LogP) is 0.837. The van der Waals surface area contributed by atoms with Gasteiger partial charge in [0, 0.05) is 50.2 Å². The number of nitrogens with zero attached hydrogens (tertiary/aromatic N) is 4. The number of hydrogen-bond donors (Lipinski definition) is 4. The molecule has 0 radical (unpaired) electrons. The van der Waals surface area contributed by atoms with Crippen LogP contribution in [0.1, 0.15) is 33.7 Å². The number of pyridine rings is 1. The third kappa shape index (κ3) is 6.73. The number of likely N-dealkylation sites (tertiary alicyclic amines) is 1. The fraction of sp³-hybridized carbons (Fsp3) is 0.478. The summed E-state index contributed by atoms with van der Waals surface area (Å²) in [6.07, 6.45) is 2.48. The number of amides is 5. The molecule has 198 valence electrons. The largest absolute Gasteiger partial charge is 0.343 e. The summed E-state index contributed by atoms with van der Waals surface area (Å²) in [5, 5.41) is 11.5. The highest BCUT2D eigenvalue weighted by atomic mass is 35.5. The number of anilines is 1. The molecule has 0 aromatic carbocycles. The number of halogens is 1. The van der Waals surface area contributed by atoms with Gasteiger partial charge < -0.3 is 31.1 Å². The molecule has 4 rings (SSSR count). The highest BCUT2D eigenvalue weighted by molar-refractivity contribution is 7.13. The lowest BCUT2D eigenvalue weighted by molar-refractivity contribution is -0.136. The van der Waals surface area contributed by atoms with Gasteiger partial charge >= 0.3 is 17.8 Å². The second kappa shape index (κ2) is 11.8. The maximum atomic E-state index is 13.1. The third-order valence-electron chi connectivity index (χ3n) is 6.15. The SMILES string of the molecule is CCNC(=O)N1CC[C@H](NC(=O)C(=O)Nc2ccc(Cl)cn2)[C@H](NC(=O)c2nc3c(s2)CN(C)CC3)C1. The van der Waals surface area contributed by atoms with Crippen LogP contribution in [0.25, 0.3) is 0 Å². The van der Waals surface area contributed by atoms with Crippen LogP contribution in [-0.4, -0.2) is 88.8 Å². The molecule has 0 aliphatic carbocycles. The molecule has 1 saturated heterocycles. The fourth-order valence-electron chi connectivity index (χ4n) is 4.23. The second-order valence-corrected chi connectivity index (χ2v) is 10.4. The van der Waals surface area contributed by atoms with Crippen LogP contribution in [0.5, 0.6) is 0 Å². The Bertz CT molecular complexity index is 1170. The molecule has 0 bridgehead atoms. The van der Waals surface area contributed by atoms with Crippen molar-refractivity contribution in [1.29, 1.82) is 0 Å². The van der Waals surface area contributed by atoms with Crippen molar-refractivity contribution in [1.82, 2.24) is 35.7 Å². The monoisotopic (exact) mass is 548 g/mol. The number of likely N-dealkylation sites (N-methyl/N-ethyl adjacent to an activating group) is 1. The Morgan fingerprint density at radius 2 is 1.95 bits per heavy atom. The summed E-state index contributed by atoms with van der Waals surface area (Å²) in [6.45, 7) is 4.41. The molecule has 0 spiro atoms. The van der Waals surface area contributed by atoms with Gasteiger partial charge in [-0.25, -0.2) is 14.8 Å². The van der Waals surface area contributed by atoms with Gasteiger partial charge in [0.25, 0.3) is 5.91 Å². The molecule has 0 unspecified atom stereocenters. The molecule has 2 aromatic heterocycles. The van der Waals surface area contributed by atoms with Gasteiger partial charge in [0.1, 0.15) is 5.82 Å². The molecule has 2 aromatic rings. The molecule has 4 heterocycles. The van der Waals surface area contributed by atoms with E-state index in [1.807, 2.05) is 14.0 Å². The Morgan fingerprint density at radius 3 is 2.68 bits per heavy atom. The smallest absolute Gasteiger partial charge is 0.317 e. The van der Waals surface area contributed by atoms with Gasteiger partial charge in [-0.2, -0.15) is 0 Å². The van der Waals surface area contributed by atoms with Gasteiger partial charge in [0.15, 0.2) is 5.01 Å². The Balaban J connectivity index is 1.44. The van der Waals surface area contributed by atoms with E-state index in [9.17, 15) is 19.2 Å². The Labute approximate surface area is 223 Å². The first-order valence-corrected chi connectivity index (χ1v) is 13.2. The number of nitrogens with one attached hydrogen (secondary N) is 4. The lowest BCUT2D eigenvalue weighted by Gasteiger charge is -2.38. The summed E-state index contributed by atoms with van der Waals surface area (Å²) < 4.78 is 0. The molecule has 2 atom stereocenters. The predicted molar refractivity (Wildman–Crippen MR) is 138 cm³/mol. The lowest BCUT2D eigenvalue weighted by atomic mass is 9.99. The van der Waals surface area contributed by atoms with E-state index in [2.05, 4.69) is 36.1 Å². The van der Waals surface area contributed by atoms with E-state index in [0.29, 0.717) is 29.5 Å². The lowest BCUT2D eigenvalue weighted by Crippen LogP contribution is -2.63. The van der Waals surface area contributed by atoms with Crippen LogP contribution in [-0.2, 0) is 22.6 Å². The minimum Gasteiger partial charge on any atom is -0.343 e. The number of urea groups is 1. The minimum absolute atomic E-state index is 0.163. The number of fused-ring (bicyclic) bond motifs is 1. The molecule has 14 heteroatoms. The number of piperidine rings is 1. The molecule has 1 fully saturated rings. The molecular weight excluding hydrogens is 520 g/mol. The average Bonchev–Trinajstić information content (AvgIpc) is 3.30. The first-order chi connectivity index (χ1) is 17.7. The standard InChI is InChI=1S/C23H29ClN8O4S/c1-3-25-23(36)32-9-7-14(27-19(33)20(34)30-18-5-4-13(24)10-26-18)16(11-32)28-21(35)22-29-15-6-8-31(2)12-17(15)37-22/h4-5,10,14,16H,3,6-9,11-12H2,1-2H3,(H,25,36)(H,27,33)(H,28,35)(H,26,30,34)/t14-,16+/m0/s1. The maximum absolute atomic E-state index is 13.1. The molecule has 0 saturated carbocycles. The molecule has 37 heavy (non-hydrogen) atoms. The summed E-state index contributed by atoms with van der Waals surface area (Å²) in [5.41, 5.74) is 0.929. The summed E-state index contributed by atoms with van der Waals surface area (Å²) in [4.78, 5) is 64.0. The van der Waals surface area contributed by atoms with Crippen LogP contribution in [0.2, 0.25) is 5.02 Å². The number of aromatic nitrogens is 2. The van der Waals surface area contributed by atoms with Crippen LogP contribution in [0, 0.1) is 0 Å². The van der Waals surface area contributed by atoms with Crippen molar-refractivity contribution in [2.75, 3.05) is 38.5 Å². The Morgan fingerprint density at radius 1 is 1.14 bits per heavy atom. The van der Waals surface area contributed by atoms with Crippen LogP contribution in [0.3, 0.4) is 0 Å². The maximum Gasteiger partial charge on any atom is 0.317 e. The summed E-state index contributed by atoms with van der Waals surface area (Å²) in [5.74, 6) is -1.97. The number of rotatable bonds is 5. The highest BCUT2D eigenvalue weighted by Crippen LogP contribution is 2.25. The Kier molecular flexibility index (Phi) is 8.56. The quantitative estimate of drug-likeness (QED) is 0.404. The van der Waals surface area contributed by atoms with Crippen LogP contribution in [0.15, 0.2) is 18.3 Å². The molecular formula is C23H29ClN8O4S. The summed E-state index contributed by atoms with van der Waals surface area (Å²) >= 11 is 7.15. The zero-order valence-corrected chi connectivity index (χ0v) is 22.1. The number of thiazole rings is 1. The van der Waals surface area contributed by atoms with Crippen molar-refractivity contribution in [2.24, 2.45) is 0 Å². The van der Waals surface area contributed by atoms with E-state index in [0.717, 1.165) is 30.1 Å². The Hall–Kier alpha value is -3.29. The summed E-state index contributed by atoms with van der Waals surface area (Å²) in [6, 6.07) is 1.56. The minimum atomic E-state index is -0.900. The van der Waals surface area contributed by atoms with Crippen molar-refractivity contribution >= 4 is 52.5 Å². The van der Waals surface area contributed by atoms with Gasteiger partial charge in [-0.1, -0.05) is 11.6 Å². The summed E-state index contributed by atoms with van der Waals surface area (Å²) in [7, 11) is 2.02. The zero-order valence-electron chi connectivity index (χ0n) is 20.5. The van der Waals surface area contributed by atoms with E-state index in [1.54, 1.807) is 11.0 Å².